The molecule has 5 heteroatoms. The lowest BCUT2D eigenvalue weighted by Crippen LogP contribution is -2.30. The number of aryl methyl sites for hydroxylation is 1. The molecule has 1 saturated heterocycles. The van der Waals surface area contributed by atoms with E-state index in [1.807, 2.05) is 43.3 Å². The normalized spacial score (nSPS) is 17.9. The molecule has 2 aromatic rings. The monoisotopic (exact) mass is 435 g/mol. The predicted molar refractivity (Wildman–Crippen MR) is 126 cm³/mol. The Bertz CT molecular complexity index is 994. The molecule has 1 N–H and O–H groups in total. The lowest BCUT2D eigenvalue weighted by atomic mass is 9.94. The summed E-state index contributed by atoms with van der Waals surface area (Å²) < 4.78 is 5.83. The number of unbranched alkanes of at least 4 members (excludes halogenated alkanes) is 2. The van der Waals surface area contributed by atoms with Gasteiger partial charge in [0, 0.05) is 12.1 Å². The number of carbonyl (C=O) groups is 2. The first-order valence-electron chi connectivity index (χ1n) is 11.4. The van der Waals surface area contributed by atoms with Gasteiger partial charge in [-0.15, -0.1) is 0 Å². The summed E-state index contributed by atoms with van der Waals surface area (Å²) in [5.74, 6) is -0.184. The quantitative estimate of drug-likeness (QED) is 0.239. The topological polar surface area (TPSA) is 66.8 Å². The zero-order chi connectivity index (χ0) is 23.3. The van der Waals surface area contributed by atoms with Crippen LogP contribution in [0, 0.1) is 12.8 Å². The molecule has 0 spiro atoms. The van der Waals surface area contributed by atoms with Gasteiger partial charge in [0.15, 0.2) is 0 Å². The Morgan fingerprint density at radius 1 is 1.09 bits per heavy atom. The number of aliphatic hydroxyl groups is 1. The fourth-order valence-electron chi connectivity index (χ4n) is 4.00. The fourth-order valence-corrected chi connectivity index (χ4v) is 4.00. The maximum absolute atomic E-state index is 13.0. The maximum Gasteiger partial charge on any atom is 0.295 e. The third-order valence-electron chi connectivity index (χ3n) is 5.68. The molecule has 5 nitrogen and oxygen atoms in total. The summed E-state index contributed by atoms with van der Waals surface area (Å²) in [6, 6.07) is 14.2. The van der Waals surface area contributed by atoms with E-state index in [1.54, 1.807) is 17.0 Å². The Morgan fingerprint density at radius 2 is 1.81 bits per heavy atom. The van der Waals surface area contributed by atoms with Gasteiger partial charge in [0.05, 0.1) is 18.2 Å². The molecule has 1 unspecified atom stereocenters. The predicted octanol–water partition coefficient (Wildman–Crippen LogP) is 5.64. The molecule has 1 fully saturated rings. The molecular weight excluding hydrogens is 402 g/mol. The van der Waals surface area contributed by atoms with E-state index < -0.39 is 17.7 Å². The summed E-state index contributed by atoms with van der Waals surface area (Å²) in [4.78, 5) is 27.6. The summed E-state index contributed by atoms with van der Waals surface area (Å²) in [5, 5.41) is 11.2. The van der Waals surface area contributed by atoms with E-state index in [9.17, 15) is 14.7 Å². The van der Waals surface area contributed by atoms with Crippen LogP contribution in [-0.2, 0) is 9.59 Å². The number of likely N-dealkylation sites (tertiary alicyclic amines) is 1. The Labute approximate surface area is 190 Å². The number of ether oxygens (including phenoxy) is 1. The number of carbonyl (C=O) groups excluding carboxylic acids is 2. The summed E-state index contributed by atoms with van der Waals surface area (Å²) in [6.07, 6.45) is 2.81. The van der Waals surface area contributed by atoms with E-state index in [0.29, 0.717) is 24.6 Å². The molecule has 1 heterocycles. The van der Waals surface area contributed by atoms with Crippen molar-refractivity contribution in [2.24, 2.45) is 5.92 Å². The van der Waals surface area contributed by atoms with Gasteiger partial charge in [-0.05, 0) is 48.6 Å². The molecule has 1 aliphatic rings. The van der Waals surface area contributed by atoms with E-state index >= 15 is 0 Å². The van der Waals surface area contributed by atoms with Crippen molar-refractivity contribution in [2.75, 3.05) is 13.2 Å². The van der Waals surface area contributed by atoms with Gasteiger partial charge in [-0.2, -0.15) is 0 Å². The molecular formula is C27H33NO4. The second kappa shape index (κ2) is 10.5. The molecule has 1 atom stereocenters. The number of nitrogens with zero attached hydrogens (tertiary/aromatic N) is 1. The highest BCUT2D eigenvalue weighted by Crippen LogP contribution is 2.40. The Hall–Kier alpha value is -3.08. The minimum Gasteiger partial charge on any atom is -0.507 e. The molecule has 0 bridgehead atoms. The lowest BCUT2D eigenvalue weighted by Gasteiger charge is -2.25. The van der Waals surface area contributed by atoms with Crippen molar-refractivity contribution in [2.45, 2.75) is 53.0 Å². The Morgan fingerprint density at radius 3 is 2.44 bits per heavy atom. The van der Waals surface area contributed by atoms with Crippen LogP contribution in [0.1, 0.15) is 62.8 Å². The summed E-state index contributed by atoms with van der Waals surface area (Å²) >= 11 is 0. The summed E-state index contributed by atoms with van der Waals surface area (Å²) in [6.45, 7) is 9.25. The van der Waals surface area contributed by atoms with E-state index in [-0.39, 0.29) is 11.3 Å². The average molecular weight is 436 g/mol. The standard InChI is InChI=1S/C27H33NO4/c1-5-6-10-15-28-24(20-11-8-7-9-12-20)23(26(30)27(28)31)25(29)21-13-14-22(19(4)16-21)32-17-18(2)3/h7-9,11-14,16,18,24,29H,5-6,10,15,17H2,1-4H3/b25-23-. The van der Waals surface area contributed by atoms with E-state index in [2.05, 4.69) is 20.8 Å². The van der Waals surface area contributed by atoms with Crippen LogP contribution in [0.5, 0.6) is 5.75 Å². The molecule has 1 amide bonds. The highest BCUT2D eigenvalue weighted by molar-refractivity contribution is 6.46. The van der Waals surface area contributed by atoms with Gasteiger partial charge in [-0.1, -0.05) is 63.9 Å². The van der Waals surface area contributed by atoms with Gasteiger partial charge in [-0.3, -0.25) is 9.59 Å². The highest BCUT2D eigenvalue weighted by atomic mass is 16.5. The van der Waals surface area contributed by atoms with Crippen LogP contribution in [0.4, 0.5) is 0 Å². The average Bonchev–Trinajstić information content (AvgIpc) is 3.03. The van der Waals surface area contributed by atoms with Crippen molar-refractivity contribution in [1.29, 1.82) is 0 Å². The number of benzene rings is 2. The van der Waals surface area contributed by atoms with Crippen molar-refractivity contribution in [1.82, 2.24) is 4.90 Å². The van der Waals surface area contributed by atoms with Crippen molar-refractivity contribution in [3.63, 3.8) is 0 Å². The second-order valence-electron chi connectivity index (χ2n) is 8.80. The molecule has 170 valence electrons. The molecule has 0 aromatic heterocycles. The Balaban J connectivity index is 2.03. The van der Waals surface area contributed by atoms with Gasteiger partial charge in [0.2, 0.25) is 0 Å². The molecule has 0 saturated carbocycles. The summed E-state index contributed by atoms with van der Waals surface area (Å²) in [5.41, 5.74) is 2.33. The number of ketones is 1. The van der Waals surface area contributed by atoms with Crippen LogP contribution in [0.3, 0.4) is 0 Å². The van der Waals surface area contributed by atoms with Gasteiger partial charge in [0.1, 0.15) is 11.5 Å². The first-order valence-corrected chi connectivity index (χ1v) is 11.4. The van der Waals surface area contributed by atoms with Crippen LogP contribution in [0.2, 0.25) is 0 Å². The molecule has 32 heavy (non-hydrogen) atoms. The van der Waals surface area contributed by atoms with Crippen molar-refractivity contribution >= 4 is 17.4 Å². The zero-order valence-electron chi connectivity index (χ0n) is 19.4. The van der Waals surface area contributed by atoms with Crippen molar-refractivity contribution < 1.29 is 19.4 Å². The van der Waals surface area contributed by atoms with Crippen LogP contribution >= 0.6 is 0 Å². The number of aliphatic hydroxyl groups excluding tert-OH is 1. The van der Waals surface area contributed by atoms with Crippen LogP contribution < -0.4 is 4.74 Å². The second-order valence-corrected chi connectivity index (χ2v) is 8.80. The highest BCUT2D eigenvalue weighted by Gasteiger charge is 2.45. The number of hydrogen-bond donors (Lipinski definition) is 1. The zero-order valence-corrected chi connectivity index (χ0v) is 19.4. The van der Waals surface area contributed by atoms with Gasteiger partial charge in [-0.25, -0.2) is 0 Å². The number of amides is 1. The molecule has 0 aliphatic carbocycles. The third-order valence-corrected chi connectivity index (χ3v) is 5.68. The minimum atomic E-state index is -0.634. The van der Waals surface area contributed by atoms with Crippen molar-refractivity contribution in [3.8, 4) is 5.75 Å². The maximum atomic E-state index is 13.0. The number of rotatable bonds is 9. The molecule has 0 radical (unpaired) electrons. The SMILES string of the molecule is CCCCCN1C(=O)C(=O)/C(=C(\O)c2ccc(OCC(C)C)c(C)c2)C1c1ccccc1. The third kappa shape index (κ3) is 5.04. The molecule has 1 aliphatic heterocycles. The van der Waals surface area contributed by atoms with Crippen LogP contribution in [0.25, 0.3) is 5.76 Å². The Kier molecular flexibility index (Phi) is 7.73. The molecule has 3 rings (SSSR count). The van der Waals surface area contributed by atoms with Crippen LogP contribution in [0.15, 0.2) is 54.1 Å². The number of Topliss-reactive ketones (excluding diaryl/α,β-unsaturated/α-hetero) is 1. The first kappa shape index (κ1) is 23.6. The first-order chi connectivity index (χ1) is 15.3. The smallest absolute Gasteiger partial charge is 0.295 e. The van der Waals surface area contributed by atoms with Gasteiger partial charge < -0.3 is 14.7 Å². The summed E-state index contributed by atoms with van der Waals surface area (Å²) in [7, 11) is 0. The van der Waals surface area contributed by atoms with Gasteiger partial charge in [0.25, 0.3) is 11.7 Å². The minimum absolute atomic E-state index is 0.145. The van der Waals surface area contributed by atoms with Crippen LogP contribution in [-0.4, -0.2) is 34.8 Å². The van der Waals surface area contributed by atoms with Crippen molar-refractivity contribution in [3.05, 3.63) is 70.8 Å². The largest absolute Gasteiger partial charge is 0.507 e. The van der Waals surface area contributed by atoms with Gasteiger partial charge >= 0.3 is 0 Å². The molecule has 2 aromatic carbocycles. The fraction of sp³-hybridized carbons (Fsp3) is 0.407. The van der Waals surface area contributed by atoms with E-state index in [1.165, 1.54) is 0 Å². The van der Waals surface area contributed by atoms with E-state index in [0.717, 1.165) is 36.1 Å². The van der Waals surface area contributed by atoms with E-state index in [4.69, 9.17) is 4.74 Å². The number of hydrogen-bond acceptors (Lipinski definition) is 4. The lowest BCUT2D eigenvalue weighted by molar-refractivity contribution is -0.139.